The molecule has 1 aliphatic heterocycles. The van der Waals surface area contributed by atoms with E-state index in [1.165, 1.54) is 11.1 Å². The number of nitrogens with one attached hydrogen (secondary N) is 1. The van der Waals surface area contributed by atoms with Crippen LogP contribution in [-0.2, 0) is 11.3 Å². The van der Waals surface area contributed by atoms with Gasteiger partial charge >= 0.3 is 0 Å². The normalized spacial score (nSPS) is 16.5. The van der Waals surface area contributed by atoms with Gasteiger partial charge in [0.1, 0.15) is 0 Å². The number of hydrogen-bond acceptors (Lipinski definition) is 2. The van der Waals surface area contributed by atoms with E-state index in [0.717, 1.165) is 38.8 Å². The standard InChI is InChI=1S/C17H27N3O.HI/c1-5-18-16(19-11-17(3)12-21-13-17)20(4)10-15-8-6-14(2)7-9-15;/h6-9H,5,10-13H2,1-4H3,(H,18,19);1H. The van der Waals surface area contributed by atoms with E-state index < -0.39 is 0 Å². The first-order valence-corrected chi connectivity index (χ1v) is 7.65. The summed E-state index contributed by atoms with van der Waals surface area (Å²) in [6, 6.07) is 8.66. The van der Waals surface area contributed by atoms with E-state index >= 15 is 0 Å². The molecule has 0 unspecified atom stereocenters. The number of halogens is 1. The first-order chi connectivity index (χ1) is 10.0. The topological polar surface area (TPSA) is 36.9 Å². The van der Waals surface area contributed by atoms with Crippen molar-refractivity contribution in [3.8, 4) is 0 Å². The van der Waals surface area contributed by atoms with E-state index in [-0.39, 0.29) is 29.4 Å². The van der Waals surface area contributed by atoms with Gasteiger partial charge in [0.2, 0.25) is 0 Å². The average Bonchev–Trinajstić information content (AvgIpc) is 2.43. The number of aryl methyl sites for hydroxylation is 1. The van der Waals surface area contributed by atoms with Crippen LogP contribution in [0.15, 0.2) is 29.3 Å². The Balaban J connectivity index is 0.00000242. The molecule has 124 valence electrons. The molecule has 1 aromatic rings. The Bertz CT molecular complexity index is 483. The number of guanidine groups is 1. The van der Waals surface area contributed by atoms with E-state index in [0.29, 0.717) is 0 Å². The molecule has 5 heteroatoms. The lowest BCUT2D eigenvalue weighted by Gasteiger charge is -2.37. The average molecular weight is 417 g/mol. The SMILES string of the molecule is CCNC(=NCC1(C)COC1)N(C)Cc1ccc(C)cc1.I. The van der Waals surface area contributed by atoms with Crippen LogP contribution in [0.2, 0.25) is 0 Å². The zero-order valence-corrected chi connectivity index (χ0v) is 16.4. The van der Waals surface area contributed by atoms with Gasteiger partial charge in [-0.3, -0.25) is 4.99 Å². The van der Waals surface area contributed by atoms with Crippen LogP contribution >= 0.6 is 24.0 Å². The summed E-state index contributed by atoms with van der Waals surface area (Å²) < 4.78 is 5.29. The van der Waals surface area contributed by atoms with Gasteiger partial charge in [0.25, 0.3) is 0 Å². The second-order valence-electron chi connectivity index (χ2n) is 6.32. The van der Waals surface area contributed by atoms with Crippen LogP contribution in [0.3, 0.4) is 0 Å². The van der Waals surface area contributed by atoms with Gasteiger partial charge in [-0.2, -0.15) is 0 Å². The third-order valence-electron chi connectivity index (χ3n) is 3.75. The predicted molar refractivity (Wildman–Crippen MR) is 103 cm³/mol. The zero-order valence-electron chi connectivity index (χ0n) is 14.1. The second kappa shape index (κ2) is 8.72. The van der Waals surface area contributed by atoms with Crippen molar-refractivity contribution in [2.75, 3.05) is 33.4 Å². The fraction of sp³-hybridized carbons (Fsp3) is 0.588. The summed E-state index contributed by atoms with van der Waals surface area (Å²) in [7, 11) is 2.08. The lowest BCUT2D eigenvalue weighted by molar-refractivity contribution is -0.0946. The monoisotopic (exact) mass is 417 g/mol. The number of aliphatic imine (C=N–C) groups is 1. The van der Waals surface area contributed by atoms with Gasteiger partial charge in [-0.1, -0.05) is 36.8 Å². The van der Waals surface area contributed by atoms with Crippen LogP contribution in [-0.4, -0.2) is 44.2 Å². The molecule has 0 amide bonds. The highest BCUT2D eigenvalue weighted by Gasteiger charge is 2.33. The molecule has 22 heavy (non-hydrogen) atoms. The molecule has 1 N–H and O–H groups in total. The number of nitrogens with zero attached hydrogens (tertiary/aromatic N) is 2. The van der Waals surface area contributed by atoms with E-state index in [4.69, 9.17) is 9.73 Å². The molecule has 1 saturated heterocycles. The summed E-state index contributed by atoms with van der Waals surface area (Å²) >= 11 is 0. The van der Waals surface area contributed by atoms with Crippen molar-refractivity contribution in [3.05, 3.63) is 35.4 Å². The highest BCUT2D eigenvalue weighted by Crippen LogP contribution is 2.26. The molecule has 1 heterocycles. The molecule has 0 radical (unpaired) electrons. The third kappa shape index (κ3) is 5.43. The lowest BCUT2D eigenvalue weighted by Crippen LogP contribution is -2.44. The quantitative estimate of drug-likeness (QED) is 0.455. The van der Waals surface area contributed by atoms with E-state index in [1.54, 1.807) is 0 Å². The maximum absolute atomic E-state index is 5.29. The van der Waals surface area contributed by atoms with Gasteiger partial charge in [0.05, 0.1) is 19.8 Å². The Morgan fingerprint density at radius 2 is 1.95 bits per heavy atom. The lowest BCUT2D eigenvalue weighted by atomic mass is 9.89. The Hall–Kier alpha value is -0.820. The van der Waals surface area contributed by atoms with Crippen molar-refractivity contribution in [1.82, 2.24) is 10.2 Å². The highest BCUT2D eigenvalue weighted by molar-refractivity contribution is 14.0. The van der Waals surface area contributed by atoms with Crippen molar-refractivity contribution in [3.63, 3.8) is 0 Å². The molecule has 0 aliphatic carbocycles. The Kier molecular flexibility index (Phi) is 7.62. The number of rotatable bonds is 5. The number of benzene rings is 1. The summed E-state index contributed by atoms with van der Waals surface area (Å²) in [5, 5.41) is 3.37. The molecular weight excluding hydrogens is 389 g/mol. The predicted octanol–water partition coefficient (Wildman–Crippen LogP) is 3.05. The first kappa shape index (κ1) is 19.2. The molecule has 0 atom stereocenters. The van der Waals surface area contributed by atoms with E-state index in [1.807, 2.05) is 0 Å². The molecule has 1 fully saturated rings. The second-order valence-corrected chi connectivity index (χ2v) is 6.32. The van der Waals surface area contributed by atoms with Gasteiger partial charge < -0.3 is 15.0 Å². The van der Waals surface area contributed by atoms with Gasteiger partial charge in [0.15, 0.2) is 5.96 Å². The molecule has 0 bridgehead atoms. The molecule has 2 rings (SSSR count). The molecule has 0 saturated carbocycles. The van der Waals surface area contributed by atoms with Gasteiger partial charge in [-0.05, 0) is 19.4 Å². The summed E-state index contributed by atoms with van der Waals surface area (Å²) in [4.78, 5) is 6.95. The smallest absolute Gasteiger partial charge is 0.193 e. The fourth-order valence-electron chi connectivity index (χ4n) is 2.32. The Morgan fingerprint density at radius 3 is 2.45 bits per heavy atom. The summed E-state index contributed by atoms with van der Waals surface area (Å²) in [5.74, 6) is 0.964. The van der Waals surface area contributed by atoms with Crippen molar-refractivity contribution in [2.45, 2.75) is 27.3 Å². The molecule has 1 aliphatic rings. The maximum atomic E-state index is 5.29. The minimum absolute atomic E-state index is 0. The van der Waals surface area contributed by atoms with Crippen molar-refractivity contribution >= 4 is 29.9 Å². The van der Waals surface area contributed by atoms with Gasteiger partial charge in [-0.15, -0.1) is 24.0 Å². The fourth-order valence-corrected chi connectivity index (χ4v) is 2.32. The zero-order chi connectivity index (χ0) is 15.3. The molecular formula is C17H28IN3O. The van der Waals surface area contributed by atoms with Crippen molar-refractivity contribution in [1.29, 1.82) is 0 Å². The first-order valence-electron chi connectivity index (χ1n) is 7.65. The number of hydrogen-bond donors (Lipinski definition) is 1. The van der Waals surface area contributed by atoms with Gasteiger partial charge in [-0.25, -0.2) is 0 Å². The summed E-state index contributed by atoms with van der Waals surface area (Å²) in [6.45, 7) is 10.6. The third-order valence-corrected chi connectivity index (χ3v) is 3.75. The highest BCUT2D eigenvalue weighted by atomic mass is 127. The van der Waals surface area contributed by atoms with Crippen LogP contribution in [0.25, 0.3) is 0 Å². The molecule has 0 spiro atoms. The van der Waals surface area contributed by atoms with Crippen LogP contribution in [0, 0.1) is 12.3 Å². The van der Waals surface area contributed by atoms with Crippen LogP contribution in [0.4, 0.5) is 0 Å². The van der Waals surface area contributed by atoms with E-state index in [9.17, 15) is 0 Å². The van der Waals surface area contributed by atoms with Gasteiger partial charge in [0, 0.05) is 25.6 Å². The molecule has 0 aromatic heterocycles. The van der Waals surface area contributed by atoms with E-state index in [2.05, 4.69) is 62.3 Å². The minimum atomic E-state index is 0. The minimum Gasteiger partial charge on any atom is -0.380 e. The largest absolute Gasteiger partial charge is 0.380 e. The molecule has 4 nitrogen and oxygen atoms in total. The van der Waals surface area contributed by atoms with Crippen molar-refractivity contribution < 1.29 is 4.74 Å². The maximum Gasteiger partial charge on any atom is 0.193 e. The summed E-state index contributed by atoms with van der Waals surface area (Å²) in [5.41, 5.74) is 2.80. The Labute approximate surface area is 151 Å². The Morgan fingerprint density at radius 1 is 1.32 bits per heavy atom. The van der Waals surface area contributed by atoms with Crippen molar-refractivity contribution in [2.24, 2.45) is 10.4 Å². The van der Waals surface area contributed by atoms with Crippen LogP contribution in [0.1, 0.15) is 25.0 Å². The van der Waals surface area contributed by atoms with Crippen LogP contribution < -0.4 is 5.32 Å². The number of ether oxygens (including phenoxy) is 1. The summed E-state index contributed by atoms with van der Waals surface area (Å²) in [6.07, 6.45) is 0. The molecule has 1 aromatic carbocycles. The van der Waals surface area contributed by atoms with Crippen LogP contribution in [0.5, 0.6) is 0 Å².